The van der Waals surface area contributed by atoms with E-state index in [2.05, 4.69) is 5.32 Å². The SMILES string of the molecule is COc1ccc(OCc2cccc(NC=C3C(=O)OC(C)(C)OC3=O)c2)cc1. The molecule has 0 unspecified atom stereocenters. The summed E-state index contributed by atoms with van der Waals surface area (Å²) in [6.45, 7) is 3.36. The minimum atomic E-state index is -1.26. The van der Waals surface area contributed by atoms with Gasteiger partial charge in [0.2, 0.25) is 0 Å². The molecule has 0 atom stereocenters. The summed E-state index contributed by atoms with van der Waals surface area (Å²) in [5, 5.41) is 2.92. The summed E-state index contributed by atoms with van der Waals surface area (Å²) in [6.07, 6.45) is 1.28. The first-order chi connectivity index (χ1) is 13.4. The summed E-state index contributed by atoms with van der Waals surface area (Å²) in [4.78, 5) is 23.9. The van der Waals surface area contributed by atoms with Crippen LogP contribution in [-0.2, 0) is 25.7 Å². The number of anilines is 1. The number of benzene rings is 2. The summed E-state index contributed by atoms with van der Waals surface area (Å²) in [5.74, 6) is -1.24. The Morgan fingerprint density at radius 3 is 2.29 bits per heavy atom. The Kier molecular flexibility index (Phi) is 5.54. The number of nitrogens with one attached hydrogen (secondary N) is 1. The number of carbonyl (C=O) groups is 2. The first kappa shape index (κ1) is 19.3. The van der Waals surface area contributed by atoms with Crippen molar-refractivity contribution in [2.75, 3.05) is 12.4 Å². The number of hydrogen-bond donors (Lipinski definition) is 1. The first-order valence-electron chi connectivity index (χ1n) is 8.65. The predicted octanol–water partition coefficient (Wildman–Crippen LogP) is 3.41. The van der Waals surface area contributed by atoms with Crippen LogP contribution in [0.2, 0.25) is 0 Å². The highest BCUT2D eigenvalue weighted by atomic mass is 16.7. The van der Waals surface area contributed by atoms with Gasteiger partial charge < -0.3 is 24.3 Å². The molecule has 28 heavy (non-hydrogen) atoms. The van der Waals surface area contributed by atoms with Gasteiger partial charge >= 0.3 is 11.9 Å². The molecule has 0 saturated carbocycles. The molecular weight excluding hydrogens is 362 g/mol. The largest absolute Gasteiger partial charge is 0.497 e. The van der Waals surface area contributed by atoms with E-state index in [0.29, 0.717) is 12.3 Å². The van der Waals surface area contributed by atoms with Crippen LogP contribution in [0.3, 0.4) is 0 Å². The van der Waals surface area contributed by atoms with Crippen LogP contribution < -0.4 is 14.8 Å². The van der Waals surface area contributed by atoms with E-state index in [0.717, 1.165) is 17.1 Å². The van der Waals surface area contributed by atoms with E-state index in [1.165, 1.54) is 20.0 Å². The minimum Gasteiger partial charge on any atom is -0.497 e. The molecule has 7 heteroatoms. The summed E-state index contributed by atoms with van der Waals surface area (Å²) < 4.78 is 21.0. The fraction of sp³-hybridized carbons (Fsp3) is 0.238. The number of carbonyl (C=O) groups excluding carboxylic acids is 2. The first-order valence-corrected chi connectivity index (χ1v) is 8.65. The fourth-order valence-electron chi connectivity index (χ4n) is 2.52. The maximum Gasteiger partial charge on any atom is 0.350 e. The smallest absolute Gasteiger partial charge is 0.350 e. The van der Waals surface area contributed by atoms with Gasteiger partial charge in [-0.3, -0.25) is 0 Å². The average Bonchev–Trinajstić information content (AvgIpc) is 2.65. The normalized spacial score (nSPS) is 15.3. The Hall–Kier alpha value is -3.48. The summed E-state index contributed by atoms with van der Waals surface area (Å²) >= 11 is 0. The standard InChI is InChI=1S/C21H21NO6/c1-21(2)27-19(23)18(20(24)28-21)12-22-15-6-4-5-14(11-15)13-26-17-9-7-16(25-3)8-10-17/h4-12,22H,13H2,1-3H3. The van der Waals surface area contributed by atoms with Crippen molar-refractivity contribution in [1.29, 1.82) is 0 Å². The maximum absolute atomic E-state index is 12.0. The Bertz CT molecular complexity index is 879. The summed E-state index contributed by atoms with van der Waals surface area (Å²) in [6, 6.07) is 14.7. The molecule has 0 aromatic heterocycles. The Morgan fingerprint density at radius 1 is 1.00 bits per heavy atom. The molecule has 0 bridgehead atoms. The molecule has 0 aliphatic carbocycles. The van der Waals surface area contributed by atoms with E-state index in [1.807, 2.05) is 42.5 Å². The van der Waals surface area contributed by atoms with Crippen molar-refractivity contribution >= 4 is 17.6 Å². The highest BCUT2D eigenvalue weighted by Crippen LogP contribution is 2.23. The van der Waals surface area contributed by atoms with Gasteiger partial charge in [0, 0.05) is 25.7 Å². The molecule has 1 saturated heterocycles. The third-order valence-electron chi connectivity index (χ3n) is 3.89. The zero-order chi connectivity index (χ0) is 20.1. The highest BCUT2D eigenvalue weighted by molar-refractivity contribution is 6.15. The molecule has 1 aliphatic rings. The summed E-state index contributed by atoms with van der Waals surface area (Å²) in [7, 11) is 1.61. The van der Waals surface area contributed by atoms with Gasteiger partial charge in [-0.25, -0.2) is 9.59 Å². The predicted molar refractivity (Wildman–Crippen MR) is 102 cm³/mol. The van der Waals surface area contributed by atoms with Crippen molar-refractivity contribution in [3.05, 3.63) is 65.9 Å². The Morgan fingerprint density at radius 2 is 1.64 bits per heavy atom. The number of ether oxygens (including phenoxy) is 4. The van der Waals surface area contributed by atoms with Crippen LogP contribution in [-0.4, -0.2) is 24.8 Å². The molecule has 2 aromatic carbocycles. The molecule has 1 aliphatic heterocycles. The number of methoxy groups -OCH3 is 1. The lowest BCUT2D eigenvalue weighted by atomic mass is 10.2. The van der Waals surface area contributed by atoms with Gasteiger partial charge in [0.25, 0.3) is 5.79 Å². The lowest BCUT2D eigenvalue weighted by molar-refractivity contribution is -0.222. The molecule has 1 heterocycles. The van der Waals surface area contributed by atoms with E-state index in [9.17, 15) is 9.59 Å². The second kappa shape index (κ2) is 8.04. The Balaban J connectivity index is 1.63. The van der Waals surface area contributed by atoms with Crippen molar-refractivity contribution in [2.24, 2.45) is 0 Å². The quantitative estimate of drug-likeness (QED) is 0.465. The zero-order valence-electron chi connectivity index (χ0n) is 15.9. The topological polar surface area (TPSA) is 83.1 Å². The van der Waals surface area contributed by atoms with E-state index in [4.69, 9.17) is 18.9 Å². The third-order valence-corrected chi connectivity index (χ3v) is 3.89. The minimum absolute atomic E-state index is 0.195. The molecule has 0 spiro atoms. The average molecular weight is 383 g/mol. The second-order valence-electron chi connectivity index (χ2n) is 6.55. The van der Waals surface area contributed by atoms with Gasteiger partial charge in [-0.2, -0.15) is 0 Å². The number of esters is 2. The molecule has 2 aromatic rings. The molecule has 7 nitrogen and oxygen atoms in total. The van der Waals surface area contributed by atoms with Gasteiger partial charge in [0.05, 0.1) is 7.11 Å². The maximum atomic E-state index is 12.0. The third kappa shape index (κ3) is 4.82. The molecule has 1 N–H and O–H groups in total. The molecule has 1 fully saturated rings. The van der Waals surface area contributed by atoms with Crippen LogP contribution in [0.5, 0.6) is 11.5 Å². The van der Waals surface area contributed by atoms with Crippen LogP contribution in [0.1, 0.15) is 19.4 Å². The monoisotopic (exact) mass is 383 g/mol. The van der Waals surface area contributed by atoms with E-state index >= 15 is 0 Å². The molecule has 3 rings (SSSR count). The van der Waals surface area contributed by atoms with Crippen molar-refractivity contribution < 1.29 is 28.5 Å². The van der Waals surface area contributed by atoms with Gasteiger partial charge in [-0.1, -0.05) is 12.1 Å². The summed E-state index contributed by atoms with van der Waals surface area (Å²) in [5.41, 5.74) is 1.40. The fourth-order valence-corrected chi connectivity index (χ4v) is 2.52. The van der Waals surface area contributed by atoms with Crippen LogP contribution in [0, 0.1) is 0 Å². The zero-order valence-corrected chi connectivity index (χ0v) is 15.9. The van der Waals surface area contributed by atoms with E-state index in [-0.39, 0.29) is 5.57 Å². The van der Waals surface area contributed by atoms with Crippen LogP contribution in [0.15, 0.2) is 60.3 Å². The number of hydrogen-bond acceptors (Lipinski definition) is 7. The molecular formula is C21H21NO6. The van der Waals surface area contributed by atoms with Gasteiger partial charge in [0.1, 0.15) is 18.1 Å². The van der Waals surface area contributed by atoms with Crippen LogP contribution in [0.25, 0.3) is 0 Å². The molecule has 146 valence electrons. The van der Waals surface area contributed by atoms with Gasteiger partial charge in [0.15, 0.2) is 5.57 Å². The molecule has 0 amide bonds. The van der Waals surface area contributed by atoms with Crippen molar-refractivity contribution in [3.8, 4) is 11.5 Å². The number of cyclic esters (lactones) is 2. The van der Waals surface area contributed by atoms with Gasteiger partial charge in [-0.15, -0.1) is 0 Å². The molecule has 0 radical (unpaired) electrons. The Labute approximate surface area is 162 Å². The number of rotatable bonds is 6. The van der Waals surface area contributed by atoms with E-state index < -0.39 is 17.7 Å². The van der Waals surface area contributed by atoms with E-state index in [1.54, 1.807) is 13.2 Å². The lowest BCUT2D eigenvalue weighted by Crippen LogP contribution is -2.42. The highest BCUT2D eigenvalue weighted by Gasteiger charge is 2.38. The van der Waals surface area contributed by atoms with Crippen molar-refractivity contribution in [1.82, 2.24) is 0 Å². The van der Waals surface area contributed by atoms with Crippen molar-refractivity contribution in [2.45, 2.75) is 26.2 Å². The van der Waals surface area contributed by atoms with Crippen molar-refractivity contribution in [3.63, 3.8) is 0 Å². The second-order valence-corrected chi connectivity index (χ2v) is 6.55. The van der Waals surface area contributed by atoms with Crippen LogP contribution >= 0.6 is 0 Å². The van der Waals surface area contributed by atoms with Crippen LogP contribution in [0.4, 0.5) is 5.69 Å². The lowest BCUT2D eigenvalue weighted by Gasteiger charge is -2.29. The van der Waals surface area contributed by atoms with Gasteiger partial charge in [-0.05, 0) is 42.0 Å².